The summed E-state index contributed by atoms with van der Waals surface area (Å²) in [6.45, 7) is 0.742. The van der Waals surface area contributed by atoms with Gasteiger partial charge in [0.1, 0.15) is 5.01 Å². The maximum absolute atomic E-state index is 12.4. The Balaban J connectivity index is 1.32. The number of nitrogens with one attached hydrogen (secondary N) is 2. The molecule has 4 aromatic rings. The zero-order chi connectivity index (χ0) is 20.5. The maximum Gasteiger partial charge on any atom is 0.258 e. The van der Waals surface area contributed by atoms with Crippen molar-refractivity contribution in [2.45, 2.75) is 6.54 Å². The molecule has 5 rings (SSSR count). The second-order valence-electron chi connectivity index (χ2n) is 6.86. The number of rotatable bonds is 5. The minimum Gasteiger partial charge on any atom is -0.330 e. The Kier molecular flexibility index (Phi) is 4.56. The van der Waals surface area contributed by atoms with E-state index in [2.05, 4.69) is 43.1 Å². The Morgan fingerprint density at radius 3 is 2.93 bits per heavy atom. The van der Waals surface area contributed by atoms with Crippen LogP contribution in [0.25, 0.3) is 10.6 Å². The number of fused-ring (bicyclic) bond motifs is 1. The van der Waals surface area contributed by atoms with Crippen molar-refractivity contribution in [3.8, 4) is 10.6 Å². The number of aromatic nitrogens is 4. The third-order valence-corrected chi connectivity index (χ3v) is 5.54. The highest BCUT2D eigenvalue weighted by Crippen LogP contribution is 2.30. The highest BCUT2D eigenvalue weighted by atomic mass is 32.1. The van der Waals surface area contributed by atoms with Gasteiger partial charge in [-0.2, -0.15) is 5.10 Å². The lowest BCUT2D eigenvalue weighted by Gasteiger charge is -2.05. The Hall–Kier alpha value is -3.85. The van der Waals surface area contributed by atoms with Gasteiger partial charge in [0.05, 0.1) is 18.3 Å². The van der Waals surface area contributed by atoms with Crippen LogP contribution in [0.5, 0.6) is 0 Å². The fourth-order valence-corrected chi connectivity index (χ4v) is 3.92. The van der Waals surface area contributed by atoms with Crippen LogP contribution in [-0.2, 0) is 13.6 Å². The molecule has 0 fully saturated rings. The summed E-state index contributed by atoms with van der Waals surface area (Å²) in [5.41, 5.74) is 5.37. The van der Waals surface area contributed by atoms with Crippen molar-refractivity contribution in [3.05, 3.63) is 71.5 Å². The predicted molar refractivity (Wildman–Crippen MR) is 118 cm³/mol. The summed E-state index contributed by atoms with van der Waals surface area (Å²) in [5, 5.41) is 20.2. The van der Waals surface area contributed by atoms with E-state index in [1.807, 2.05) is 36.5 Å². The number of aryl methyl sites for hydroxylation is 1. The van der Waals surface area contributed by atoms with E-state index in [1.165, 1.54) is 23.1 Å². The molecule has 2 N–H and O–H groups in total. The van der Waals surface area contributed by atoms with Gasteiger partial charge < -0.3 is 10.6 Å². The molecule has 0 radical (unpaired) electrons. The minimum absolute atomic E-state index is 0.208. The van der Waals surface area contributed by atoms with Crippen molar-refractivity contribution in [1.29, 1.82) is 0 Å². The van der Waals surface area contributed by atoms with Gasteiger partial charge >= 0.3 is 0 Å². The second kappa shape index (κ2) is 7.53. The summed E-state index contributed by atoms with van der Waals surface area (Å²) in [6.07, 6.45) is 5.09. The topological polar surface area (TPSA) is 97.1 Å². The molecule has 0 saturated carbocycles. The third kappa shape index (κ3) is 3.70. The Labute approximate surface area is 176 Å². The molecule has 148 valence electrons. The van der Waals surface area contributed by atoms with E-state index in [9.17, 15) is 4.79 Å². The van der Waals surface area contributed by atoms with Crippen LogP contribution in [0.3, 0.4) is 0 Å². The van der Waals surface area contributed by atoms with Crippen molar-refractivity contribution < 1.29 is 4.79 Å². The van der Waals surface area contributed by atoms with Crippen LogP contribution in [0.4, 0.5) is 16.5 Å². The molecule has 9 heteroatoms. The average Bonchev–Trinajstić information content (AvgIpc) is 3.49. The van der Waals surface area contributed by atoms with Crippen LogP contribution in [0.15, 0.2) is 59.9 Å². The monoisotopic (exact) mass is 415 g/mol. The summed E-state index contributed by atoms with van der Waals surface area (Å²) in [4.78, 5) is 16.6. The first kappa shape index (κ1) is 18.2. The fourth-order valence-electron chi connectivity index (χ4n) is 3.16. The third-order valence-electron chi connectivity index (χ3n) is 4.65. The SMILES string of the molecule is Cn1cc(C(=O)Nc2cccc(-c3nnc(Nc4ccc5c(c4)C=NC5)s3)c2)cn1. The summed E-state index contributed by atoms with van der Waals surface area (Å²) >= 11 is 1.45. The quantitative estimate of drug-likeness (QED) is 0.516. The number of aliphatic imine (C=N–C) groups is 1. The van der Waals surface area contributed by atoms with Gasteiger partial charge in [0.15, 0.2) is 0 Å². The smallest absolute Gasteiger partial charge is 0.258 e. The van der Waals surface area contributed by atoms with Gasteiger partial charge in [0.25, 0.3) is 5.91 Å². The number of anilines is 3. The number of hydrogen-bond acceptors (Lipinski definition) is 7. The van der Waals surface area contributed by atoms with Gasteiger partial charge in [-0.1, -0.05) is 29.5 Å². The van der Waals surface area contributed by atoms with Gasteiger partial charge in [0, 0.05) is 36.4 Å². The first-order valence-electron chi connectivity index (χ1n) is 9.28. The Bertz CT molecular complexity index is 1270. The molecule has 1 aliphatic heterocycles. The van der Waals surface area contributed by atoms with E-state index in [0.717, 1.165) is 28.4 Å². The van der Waals surface area contributed by atoms with E-state index < -0.39 is 0 Å². The van der Waals surface area contributed by atoms with Crippen LogP contribution in [0.1, 0.15) is 21.5 Å². The van der Waals surface area contributed by atoms with Crippen LogP contribution in [0, 0.1) is 0 Å². The summed E-state index contributed by atoms with van der Waals surface area (Å²) in [5.74, 6) is -0.208. The van der Waals surface area contributed by atoms with Crippen LogP contribution >= 0.6 is 11.3 Å². The average molecular weight is 415 g/mol. The number of benzene rings is 2. The number of amides is 1. The Morgan fingerprint density at radius 1 is 1.13 bits per heavy atom. The molecule has 1 aliphatic rings. The lowest BCUT2D eigenvalue weighted by atomic mass is 10.1. The van der Waals surface area contributed by atoms with E-state index >= 15 is 0 Å². The molecule has 0 aliphatic carbocycles. The number of nitrogens with zero attached hydrogens (tertiary/aromatic N) is 5. The number of hydrogen-bond donors (Lipinski definition) is 2. The highest BCUT2D eigenvalue weighted by molar-refractivity contribution is 7.18. The van der Waals surface area contributed by atoms with Crippen molar-refractivity contribution in [1.82, 2.24) is 20.0 Å². The van der Waals surface area contributed by atoms with E-state index in [4.69, 9.17) is 0 Å². The van der Waals surface area contributed by atoms with Crippen LogP contribution in [0.2, 0.25) is 0 Å². The molecule has 0 unspecified atom stereocenters. The predicted octanol–water partition coefficient (Wildman–Crippen LogP) is 3.87. The molecule has 8 nitrogen and oxygen atoms in total. The molecular formula is C21H17N7OS. The molecule has 2 aromatic heterocycles. The minimum atomic E-state index is -0.208. The molecule has 0 saturated heterocycles. The normalized spacial score (nSPS) is 12.0. The van der Waals surface area contributed by atoms with E-state index in [-0.39, 0.29) is 5.91 Å². The molecule has 30 heavy (non-hydrogen) atoms. The fraction of sp³-hybridized carbons (Fsp3) is 0.0952. The van der Waals surface area contributed by atoms with E-state index in [1.54, 1.807) is 17.9 Å². The Morgan fingerprint density at radius 2 is 2.07 bits per heavy atom. The zero-order valence-corrected chi connectivity index (χ0v) is 16.8. The van der Waals surface area contributed by atoms with Crippen molar-refractivity contribution in [2.75, 3.05) is 10.6 Å². The molecule has 0 atom stereocenters. The highest BCUT2D eigenvalue weighted by Gasteiger charge is 2.12. The largest absolute Gasteiger partial charge is 0.330 e. The molecule has 1 amide bonds. The lowest BCUT2D eigenvalue weighted by molar-refractivity contribution is 0.102. The summed E-state index contributed by atoms with van der Waals surface area (Å²) in [6, 6.07) is 13.7. The second-order valence-corrected chi connectivity index (χ2v) is 7.84. The van der Waals surface area contributed by atoms with Gasteiger partial charge in [-0.3, -0.25) is 14.5 Å². The molecule has 2 aromatic carbocycles. The summed E-state index contributed by atoms with van der Waals surface area (Å²) in [7, 11) is 1.77. The van der Waals surface area contributed by atoms with E-state index in [0.29, 0.717) is 16.4 Å². The van der Waals surface area contributed by atoms with Gasteiger partial charge in [-0.05, 0) is 35.4 Å². The van der Waals surface area contributed by atoms with Gasteiger partial charge in [-0.15, -0.1) is 10.2 Å². The maximum atomic E-state index is 12.4. The van der Waals surface area contributed by atoms with Crippen molar-refractivity contribution >= 4 is 40.0 Å². The van der Waals surface area contributed by atoms with Crippen molar-refractivity contribution in [2.24, 2.45) is 12.0 Å². The summed E-state index contributed by atoms with van der Waals surface area (Å²) < 4.78 is 1.59. The zero-order valence-electron chi connectivity index (χ0n) is 16.0. The number of carbonyl (C=O) groups is 1. The number of carbonyl (C=O) groups excluding carboxylic acids is 1. The van der Waals surface area contributed by atoms with Crippen molar-refractivity contribution in [3.63, 3.8) is 0 Å². The van der Waals surface area contributed by atoms with Crippen LogP contribution in [-0.4, -0.2) is 32.1 Å². The molecule has 0 spiro atoms. The standard InChI is InChI=1S/C21H17N7OS/c1-28-12-16(11-23-28)19(29)24-17-4-2-3-13(7-17)20-26-27-21(30-20)25-18-6-5-14-9-22-10-15(14)8-18/h2-8,10-12H,9H2,1H3,(H,24,29)(H,25,27). The molecular weight excluding hydrogens is 398 g/mol. The van der Waals surface area contributed by atoms with Gasteiger partial charge in [0.2, 0.25) is 5.13 Å². The molecule has 0 bridgehead atoms. The first-order valence-corrected chi connectivity index (χ1v) is 10.1. The van der Waals surface area contributed by atoms with Gasteiger partial charge in [-0.25, -0.2) is 0 Å². The molecule has 3 heterocycles. The van der Waals surface area contributed by atoms with Crippen LogP contribution < -0.4 is 10.6 Å². The lowest BCUT2D eigenvalue weighted by Crippen LogP contribution is -2.11. The first-order chi connectivity index (χ1) is 14.6.